The van der Waals surface area contributed by atoms with Gasteiger partial charge in [-0.1, -0.05) is 18.2 Å². The van der Waals surface area contributed by atoms with Gasteiger partial charge in [-0.15, -0.1) is 0 Å². The lowest BCUT2D eigenvalue weighted by Crippen LogP contribution is -2.42. The molecule has 0 spiro atoms. The molecule has 5 nitrogen and oxygen atoms in total. The molecular formula is C21H24N2O3. The van der Waals surface area contributed by atoms with E-state index >= 15 is 0 Å². The largest absolute Gasteiger partial charge is 0.508 e. The molecule has 1 heterocycles. The summed E-state index contributed by atoms with van der Waals surface area (Å²) in [4.78, 5) is 26.9. The van der Waals surface area contributed by atoms with Crippen molar-refractivity contribution in [2.45, 2.75) is 26.7 Å². The number of ketones is 1. The van der Waals surface area contributed by atoms with E-state index in [2.05, 4.69) is 5.32 Å². The number of piperidine rings is 1. The van der Waals surface area contributed by atoms with E-state index < -0.39 is 0 Å². The number of para-hydroxylation sites is 1. The zero-order valence-corrected chi connectivity index (χ0v) is 15.2. The highest BCUT2D eigenvalue weighted by Crippen LogP contribution is 2.25. The maximum absolute atomic E-state index is 12.6. The summed E-state index contributed by atoms with van der Waals surface area (Å²) in [5.41, 5.74) is 3.55. The van der Waals surface area contributed by atoms with Crippen LogP contribution in [-0.2, 0) is 0 Å². The van der Waals surface area contributed by atoms with Gasteiger partial charge in [0.2, 0.25) is 0 Å². The summed E-state index contributed by atoms with van der Waals surface area (Å²) >= 11 is 0. The molecule has 1 saturated heterocycles. The number of hydrogen-bond acceptors (Lipinski definition) is 3. The van der Waals surface area contributed by atoms with Crippen molar-refractivity contribution in [1.82, 2.24) is 4.90 Å². The van der Waals surface area contributed by atoms with E-state index in [-0.39, 0.29) is 23.5 Å². The van der Waals surface area contributed by atoms with Crippen molar-refractivity contribution in [2.75, 3.05) is 18.4 Å². The van der Waals surface area contributed by atoms with Gasteiger partial charge in [0.05, 0.1) is 0 Å². The molecule has 1 aliphatic rings. The molecule has 1 aliphatic heterocycles. The van der Waals surface area contributed by atoms with Gasteiger partial charge in [-0.3, -0.25) is 4.79 Å². The molecular weight excluding hydrogens is 328 g/mol. The minimum atomic E-state index is -0.113. The van der Waals surface area contributed by atoms with Gasteiger partial charge >= 0.3 is 6.03 Å². The van der Waals surface area contributed by atoms with Crippen LogP contribution in [0.3, 0.4) is 0 Å². The van der Waals surface area contributed by atoms with E-state index in [9.17, 15) is 14.7 Å². The number of anilines is 1. The monoisotopic (exact) mass is 352 g/mol. The fourth-order valence-corrected chi connectivity index (χ4v) is 3.40. The standard InChI is InChI=1S/C21H24N2O3/c1-14-4-3-5-15(2)19(14)22-21(26)23-12-10-17(11-13-23)20(25)16-6-8-18(24)9-7-16/h3-9,17,24H,10-13H2,1-2H3,(H,22,26). The third-order valence-corrected chi connectivity index (χ3v) is 5.02. The van der Waals surface area contributed by atoms with E-state index in [0.29, 0.717) is 31.5 Å². The van der Waals surface area contributed by atoms with Crippen LogP contribution in [0.25, 0.3) is 0 Å². The Balaban J connectivity index is 1.58. The molecule has 2 N–H and O–H groups in total. The minimum absolute atomic E-state index is 0.0798. The van der Waals surface area contributed by atoms with Gasteiger partial charge in [0, 0.05) is 30.3 Å². The van der Waals surface area contributed by atoms with Gasteiger partial charge in [0.1, 0.15) is 5.75 Å². The summed E-state index contributed by atoms with van der Waals surface area (Å²) in [7, 11) is 0. The van der Waals surface area contributed by atoms with Gasteiger partial charge in [0.15, 0.2) is 5.78 Å². The predicted octanol–water partition coefficient (Wildman–Crippen LogP) is 4.14. The number of aryl methyl sites for hydroxylation is 2. The Morgan fingerprint density at radius 3 is 2.15 bits per heavy atom. The van der Waals surface area contributed by atoms with Crippen molar-refractivity contribution in [1.29, 1.82) is 0 Å². The summed E-state index contributed by atoms with van der Waals surface area (Å²) < 4.78 is 0. The molecule has 2 aromatic rings. The normalized spacial score (nSPS) is 14.9. The molecule has 5 heteroatoms. The number of amides is 2. The van der Waals surface area contributed by atoms with Crippen molar-refractivity contribution >= 4 is 17.5 Å². The Labute approximate surface area is 153 Å². The van der Waals surface area contributed by atoms with Crippen molar-refractivity contribution < 1.29 is 14.7 Å². The Bertz CT molecular complexity index is 786. The molecule has 0 atom stereocenters. The highest BCUT2D eigenvalue weighted by molar-refractivity contribution is 5.98. The smallest absolute Gasteiger partial charge is 0.321 e. The van der Waals surface area contributed by atoms with Crippen LogP contribution in [0, 0.1) is 19.8 Å². The number of nitrogens with zero attached hydrogens (tertiary/aromatic N) is 1. The van der Waals surface area contributed by atoms with E-state index in [0.717, 1.165) is 16.8 Å². The van der Waals surface area contributed by atoms with Crippen LogP contribution in [0.5, 0.6) is 5.75 Å². The van der Waals surface area contributed by atoms with Crippen molar-refractivity contribution in [3.63, 3.8) is 0 Å². The van der Waals surface area contributed by atoms with Crippen molar-refractivity contribution in [3.05, 3.63) is 59.2 Å². The zero-order valence-electron chi connectivity index (χ0n) is 15.2. The van der Waals surface area contributed by atoms with Crippen LogP contribution >= 0.6 is 0 Å². The molecule has 26 heavy (non-hydrogen) atoms. The molecule has 2 aromatic carbocycles. The second-order valence-corrected chi connectivity index (χ2v) is 6.87. The number of rotatable bonds is 3. The van der Waals surface area contributed by atoms with Crippen molar-refractivity contribution in [3.8, 4) is 5.75 Å². The first-order chi connectivity index (χ1) is 12.5. The van der Waals surface area contributed by atoms with Crippen LogP contribution < -0.4 is 5.32 Å². The molecule has 0 saturated carbocycles. The lowest BCUT2D eigenvalue weighted by Gasteiger charge is -2.31. The van der Waals surface area contributed by atoms with Crippen LogP contribution in [0.1, 0.15) is 34.3 Å². The number of carbonyl (C=O) groups excluding carboxylic acids is 2. The topological polar surface area (TPSA) is 69.6 Å². The molecule has 0 aliphatic carbocycles. The van der Waals surface area contributed by atoms with E-state index in [1.165, 1.54) is 12.1 Å². The first kappa shape index (κ1) is 18.0. The Kier molecular flexibility index (Phi) is 5.26. The molecule has 136 valence electrons. The number of phenolic OH excluding ortho intramolecular Hbond substituents is 1. The lowest BCUT2D eigenvalue weighted by atomic mass is 9.89. The number of hydrogen-bond donors (Lipinski definition) is 2. The summed E-state index contributed by atoms with van der Waals surface area (Å²) in [6, 6.07) is 12.2. The second kappa shape index (κ2) is 7.60. The van der Waals surface area contributed by atoms with Gasteiger partial charge in [0.25, 0.3) is 0 Å². The number of Topliss-reactive ketones (excluding diaryl/α,β-unsaturated/α-hetero) is 1. The van der Waals surface area contributed by atoms with E-state index in [4.69, 9.17) is 0 Å². The van der Waals surface area contributed by atoms with Gasteiger partial charge in [-0.25, -0.2) is 4.79 Å². The SMILES string of the molecule is Cc1cccc(C)c1NC(=O)N1CCC(C(=O)c2ccc(O)cc2)CC1. The highest BCUT2D eigenvalue weighted by Gasteiger charge is 2.28. The zero-order chi connectivity index (χ0) is 18.7. The third kappa shape index (κ3) is 3.87. The molecule has 0 radical (unpaired) electrons. The number of aromatic hydroxyl groups is 1. The van der Waals surface area contributed by atoms with Gasteiger partial charge in [-0.2, -0.15) is 0 Å². The van der Waals surface area contributed by atoms with Crippen LogP contribution in [0.2, 0.25) is 0 Å². The fourth-order valence-electron chi connectivity index (χ4n) is 3.40. The molecule has 1 fully saturated rings. The third-order valence-electron chi connectivity index (χ3n) is 5.02. The molecule has 0 bridgehead atoms. The molecule has 3 rings (SSSR count). The first-order valence-corrected chi connectivity index (χ1v) is 8.91. The average molecular weight is 352 g/mol. The summed E-state index contributed by atoms with van der Waals surface area (Å²) in [6.45, 7) is 5.08. The minimum Gasteiger partial charge on any atom is -0.508 e. The first-order valence-electron chi connectivity index (χ1n) is 8.91. The predicted molar refractivity (Wildman–Crippen MR) is 102 cm³/mol. The fraction of sp³-hybridized carbons (Fsp3) is 0.333. The van der Waals surface area contributed by atoms with Crippen LogP contribution in [0.4, 0.5) is 10.5 Å². The van der Waals surface area contributed by atoms with Gasteiger partial charge in [-0.05, 0) is 62.1 Å². The van der Waals surface area contributed by atoms with Crippen molar-refractivity contribution in [2.24, 2.45) is 5.92 Å². The number of phenols is 1. The Hall–Kier alpha value is -2.82. The van der Waals surface area contributed by atoms with Crippen LogP contribution in [0.15, 0.2) is 42.5 Å². The molecule has 2 amide bonds. The Morgan fingerprint density at radius 2 is 1.58 bits per heavy atom. The summed E-state index contributed by atoms with van der Waals surface area (Å²) in [5.74, 6) is 0.156. The maximum Gasteiger partial charge on any atom is 0.321 e. The molecule has 0 unspecified atom stereocenters. The number of nitrogens with one attached hydrogen (secondary N) is 1. The quantitative estimate of drug-likeness (QED) is 0.816. The Morgan fingerprint density at radius 1 is 1.00 bits per heavy atom. The lowest BCUT2D eigenvalue weighted by molar-refractivity contribution is 0.0859. The van der Waals surface area contributed by atoms with Crippen LogP contribution in [-0.4, -0.2) is 34.9 Å². The second-order valence-electron chi connectivity index (χ2n) is 6.87. The average Bonchev–Trinajstić information content (AvgIpc) is 2.65. The summed E-state index contributed by atoms with van der Waals surface area (Å²) in [6.07, 6.45) is 1.31. The maximum atomic E-state index is 12.6. The van der Waals surface area contributed by atoms with E-state index in [1.807, 2.05) is 32.0 Å². The highest BCUT2D eigenvalue weighted by atomic mass is 16.3. The number of likely N-dealkylation sites (tertiary alicyclic amines) is 1. The summed E-state index contributed by atoms with van der Waals surface area (Å²) in [5, 5.41) is 12.3. The van der Waals surface area contributed by atoms with E-state index in [1.54, 1.807) is 17.0 Å². The van der Waals surface area contributed by atoms with Gasteiger partial charge < -0.3 is 15.3 Å². The molecule has 0 aromatic heterocycles. The number of benzene rings is 2. The number of carbonyl (C=O) groups is 2. The number of urea groups is 1.